The zero-order chi connectivity index (χ0) is 22.3. The Morgan fingerprint density at radius 3 is 2.47 bits per heavy atom. The summed E-state index contributed by atoms with van der Waals surface area (Å²) in [6.07, 6.45) is 10.3. The van der Waals surface area contributed by atoms with Crippen LogP contribution in [-0.4, -0.2) is 83.4 Å². The van der Waals surface area contributed by atoms with Crippen molar-refractivity contribution in [3.8, 4) is 0 Å². The third-order valence-electron chi connectivity index (χ3n) is 7.67. The number of amides is 2. The van der Waals surface area contributed by atoms with Gasteiger partial charge in [-0.1, -0.05) is 18.9 Å². The van der Waals surface area contributed by atoms with Gasteiger partial charge in [0.05, 0.1) is 18.3 Å². The second kappa shape index (κ2) is 11.2. The molecule has 1 unspecified atom stereocenters. The lowest BCUT2D eigenvalue weighted by Gasteiger charge is -2.42. The highest BCUT2D eigenvalue weighted by atomic mass is 16.2. The molecule has 0 spiro atoms. The number of aromatic nitrogens is 1. The maximum atomic E-state index is 13.1. The van der Waals surface area contributed by atoms with Gasteiger partial charge in [0, 0.05) is 31.2 Å². The molecule has 0 bridgehead atoms. The van der Waals surface area contributed by atoms with Gasteiger partial charge in [0.15, 0.2) is 0 Å². The SMILES string of the molecule is CN1CCCCCC1C(=O)N1CCC(N2CCC(C(=O)NCc3ccccn3)CC2)CC1. The third kappa shape index (κ3) is 5.87. The van der Waals surface area contributed by atoms with E-state index in [2.05, 4.69) is 32.0 Å². The molecule has 0 aromatic carbocycles. The minimum absolute atomic E-state index is 0.0781. The minimum Gasteiger partial charge on any atom is -0.350 e. The van der Waals surface area contributed by atoms with Gasteiger partial charge >= 0.3 is 0 Å². The van der Waals surface area contributed by atoms with Crippen molar-refractivity contribution in [2.45, 2.75) is 70.0 Å². The van der Waals surface area contributed by atoms with Crippen LogP contribution in [0.15, 0.2) is 24.4 Å². The molecule has 1 atom stereocenters. The molecule has 3 fully saturated rings. The number of piperidine rings is 2. The van der Waals surface area contributed by atoms with E-state index in [4.69, 9.17) is 0 Å². The zero-order valence-electron chi connectivity index (χ0n) is 19.5. The van der Waals surface area contributed by atoms with E-state index in [1.165, 1.54) is 19.3 Å². The van der Waals surface area contributed by atoms with Crippen LogP contribution in [0, 0.1) is 5.92 Å². The summed E-state index contributed by atoms with van der Waals surface area (Å²) in [6.45, 7) is 5.24. The molecule has 7 nitrogen and oxygen atoms in total. The van der Waals surface area contributed by atoms with Gasteiger partial charge in [-0.3, -0.25) is 19.5 Å². The van der Waals surface area contributed by atoms with Gasteiger partial charge in [0.2, 0.25) is 11.8 Å². The molecule has 3 saturated heterocycles. The fourth-order valence-electron chi connectivity index (χ4n) is 5.58. The summed E-state index contributed by atoms with van der Waals surface area (Å²) in [5, 5.41) is 3.05. The van der Waals surface area contributed by atoms with Crippen LogP contribution in [0.5, 0.6) is 0 Å². The van der Waals surface area contributed by atoms with Crippen LogP contribution in [0.2, 0.25) is 0 Å². The average Bonchev–Trinajstić information content (AvgIpc) is 3.07. The molecule has 3 aliphatic rings. The Morgan fingerprint density at radius 1 is 0.969 bits per heavy atom. The molecule has 1 N–H and O–H groups in total. The smallest absolute Gasteiger partial charge is 0.239 e. The van der Waals surface area contributed by atoms with Crippen molar-refractivity contribution in [1.82, 2.24) is 25.0 Å². The number of carbonyl (C=O) groups is 2. The van der Waals surface area contributed by atoms with Crippen LogP contribution in [0.25, 0.3) is 0 Å². The van der Waals surface area contributed by atoms with Crippen molar-refractivity contribution in [2.24, 2.45) is 5.92 Å². The van der Waals surface area contributed by atoms with E-state index in [0.29, 0.717) is 18.5 Å². The summed E-state index contributed by atoms with van der Waals surface area (Å²) in [5.41, 5.74) is 0.898. The quantitative estimate of drug-likeness (QED) is 0.759. The van der Waals surface area contributed by atoms with Gasteiger partial charge in [-0.25, -0.2) is 0 Å². The van der Waals surface area contributed by atoms with Gasteiger partial charge in [0.1, 0.15) is 0 Å². The van der Waals surface area contributed by atoms with Crippen molar-refractivity contribution >= 4 is 11.8 Å². The standard InChI is InChI=1S/C25H39N5O2/c1-28-14-6-2-3-8-23(28)25(32)30-17-11-22(12-18-30)29-15-9-20(10-16-29)24(31)27-19-21-7-4-5-13-26-21/h4-5,7,13,20,22-23H,2-3,6,8-12,14-19H2,1H3,(H,27,31). The molecular weight excluding hydrogens is 402 g/mol. The van der Waals surface area contributed by atoms with Gasteiger partial charge in [0.25, 0.3) is 0 Å². The first kappa shape index (κ1) is 23.2. The second-order valence-corrected chi connectivity index (χ2v) is 9.75. The number of carbonyl (C=O) groups excluding carboxylic acids is 2. The molecule has 7 heteroatoms. The van der Waals surface area contributed by atoms with Crippen molar-refractivity contribution in [3.63, 3.8) is 0 Å². The topological polar surface area (TPSA) is 68.8 Å². The fourth-order valence-corrected chi connectivity index (χ4v) is 5.58. The van der Waals surface area contributed by atoms with E-state index >= 15 is 0 Å². The number of hydrogen-bond donors (Lipinski definition) is 1. The summed E-state index contributed by atoms with van der Waals surface area (Å²) in [6, 6.07) is 6.39. The molecule has 2 amide bonds. The highest BCUT2D eigenvalue weighted by molar-refractivity contribution is 5.82. The monoisotopic (exact) mass is 441 g/mol. The number of hydrogen-bond acceptors (Lipinski definition) is 5. The predicted molar refractivity (Wildman–Crippen MR) is 125 cm³/mol. The molecule has 0 saturated carbocycles. The Balaban J connectivity index is 1.18. The van der Waals surface area contributed by atoms with Crippen LogP contribution < -0.4 is 5.32 Å². The van der Waals surface area contributed by atoms with Gasteiger partial charge in [-0.2, -0.15) is 0 Å². The normalized spacial score (nSPS) is 24.8. The van der Waals surface area contributed by atoms with Crippen LogP contribution in [-0.2, 0) is 16.1 Å². The minimum atomic E-state index is 0.0781. The number of pyridine rings is 1. The maximum absolute atomic E-state index is 13.1. The van der Waals surface area contributed by atoms with E-state index < -0.39 is 0 Å². The molecule has 4 heterocycles. The average molecular weight is 442 g/mol. The molecule has 0 aliphatic carbocycles. The second-order valence-electron chi connectivity index (χ2n) is 9.75. The Bertz CT molecular complexity index is 742. The van der Waals surface area contributed by atoms with Crippen LogP contribution >= 0.6 is 0 Å². The number of nitrogens with zero attached hydrogens (tertiary/aromatic N) is 4. The van der Waals surface area contributed by atoms with Gasteiger partial charge in [-0.15, -0.1) is 0 Å². The fraction of sp³-hybridized carbons (Fsp3) is 0.720. The number of rotatable bonds is 5. The first-order valence-corrected chi connectivity index (χ1v) is 12.5. The molecule has 0 radical (unpaired) electrons. The van der Waals surface area contributed by atoms with Crippen molar-refractivity contribution in [3.05, 3.63) is 30.1 Å². The molecule has 1 aromatic rings. The Morgan fingerprint density at radius 2 is 1.75 bits per heavy atom. The first-order chi connectivity index (χ1) is 15.6. The van der Waals surface area contributed by atoms with Gasteiger partial charge < -0.3 is 15.1 Å². The van der Waals surface area contributed by atoms with Gasteiger partial charge in [-0.05, 0) is 77.3 Å². The predicted octanol–water partition coefficient (Wildman–Crippen LogP) is 2.28. The van der Waals surface area contributed by atoms with E-state index in [1.54, 1.807) is 6.20 Å². The lowest BCUT2D eigenvalue weighted by molar-refractivity contribution is -0.138. The Labute approximate surface area is 192 Å². The molecule has 3 aliphatic heterocycles. The van der Waals surface area contributed by atoms with Crippen molar-refractivity contribution in [1.29, 1.82) is 0 Å². The summed E-state index contributed by atoms with van der Waals surface area (Å²) in [5.74, 6) is 0.599. The Hall–Kier alpha value is -1.99. The third-order valence-corrected chi connectivity index (χ3v) is 7.67. The van der Waals surface area contributed by atoms with Crippen molar-refractivity contribution < 1.29 is 9.59 Å². The molecule has 4 rings (SSSR count). The maximum Gasteiger partial charge on any atom is 0.239 e. The van der Waals surface area contributed by atoms with E-state index in [0.717, 1.165) is 70.5 Å². The highest BCUT2D eigenvalue weighted by Gasteiger charge is 2.34. The van der Waals surface area contributed by atoms with E-state index in [9.17, 15) is 9.59 Å². The van der Waals surface area contributed by atoms with Crippen LogP contribution in [0.4, 0.5) is 0 Å². The lowest BCUT2D eigenvalue weighted by Crippen LogP contribution is -2.53. The molecule has 1 aromatic heterocycles. The molecular formula is C25H39N5O2. The molecule has 176 valence electrons. The van der Waals surface area contributed by atoms with E-state index in [-0.39, 0.29) is 17.9 Å². The first-order valence-electron chi connectivity index (χ1n) is 12.5. The Kier molecular flexibility index (Phi) is 8.14. The lowest BCUT2D eigenvalue weighted by atomic mass is 9.92. The van der Waals surface area contributed by atoms with Crippen molar-refractivity contribution in [2.75, 3.05) is 39.8 Å². The number of nitrogens with one attached hydrogen (secondary N) is 1. The number of likely N-dealkylation sites (N-methyl/N-ethyl adjacent to an activating group) is 1. The summed E-state index contributed by atoms with van der Waals surface area (Å²) < 4.78 is 0. The van der Waals surface area contributed by atoms with E-state index in [1.807, 2.05) is 18.2 Å². The summed E-state index contributed by atoms with van der Waals surface area (Å²) in [4.78, 5) is 36.9. The van der Waals surface area contributed by atoms with Crippen LogP contribution in [0.1, 0.15) is 57.1 Å². The summed E-state index contributed by atoms with van der Waals surface area (Å²) in [7, 11) is 2.11. The largest absolute Gasteiger partial charge is 0.350 e. The highest BCUT2D eigenvalue weighted by Crippen LogP contribution is 2.25. The number of likely N-dealkylation sites (tertiary alicyclic amines) is 3. The van der Waals surface area contributed by atoms with Crippen LogP contribution in [0.3, 0.4) is 0 Å². The molecule has 32 heavy (non-hydrogen) atoms. The summed E-state index contributed by atoms with van der Waals surface area (Å²) >= 11 is 0. The zero-order valence-corrected chi connectivity index (χ0v) is 19.5.